The Hall–Kier alpha value is -2.41. The van der Waals surface area contributed by atoms with Gasteiger partial charge in [0, 0.05) is 5.02 Å². The summed E-state index contributed by atoms with van der Waals surface area (Å²) in [7, 11) is 0. The summed E-state index contributed by atoms with van der Waals surface area (Å²) in [6.07, 6.45) is 0. The van der Waals surface area contributed by atoms with E-state index in [9.17, 15) is 4.79 Å². The van der Waals surface area contributed by atoms with Gasteiger partial charge in [-0.25, -0.2) is 9.67 Å². The smallest absolute Gasteiger partial charge is 0.262 e. The molecule has 0 saturated carbocycles. The van der Waals surface area contributed by atoms with Gasteiger partial charge in [-0.05, 0) is 37.3 Å². The molecule has 0 radical (unpaired) electrons. The highest BCUT2D eigenvalue weighted by Crippen LogP contribution is 2.30. The van der Waals surface area contributed by atoms with Crippen molar-refractivity contribution in [3.8, 4) is 5.69 Å². The van der Waals surface area contributed by atoms with Crippen molar-refractivity contribution in [2.75, 3.05) is 5.32 Å². The predicted octanol–water partition coefficient (Wildman–Crippen LogP) is 5.35. The van der Waals surface area contributed by atoms with Gasteiger partial charge in [-0.15, -0.1) is 0 Å². The van der Waals surface area contributed by atoms with Crippen LogP contribution in [-0.2, 0) is 0 Å². The first-order valence-corrected chi connectivity index (χ1v) is 9.28. The third kappa shape index (κ3) is 3.07. The number of hydrogen-bond acceptors (Lipinski definition) is 4. The van der Waals surface area contributed by atoms with E-state index in [0.717, 1.165) is 15.9 Å². The molecule has 4 rings (SSSR count). The predicted molar refractivity (Wildman–Crippen MR) is 106 cm³/mol. The Morgan fingerprint density at radius 3 is 2.69 bits per heavy atom. The third-order valence-electron chi connectivity index (χ3n) is 3.80. The summed E-state index contributed by atoms with van der Waals surface area (Å²) in [5.41, 5.74) is 2.43. The van der Waals surface area contributed by atoms with Crippen LogP contribution in [0.1, 0.15) is 16.1 Å². The van der Waals surface area contributed by atoms with Crippen LogP contribution in [-0.4, -0.2) is 20.7 Å². The molecule has 1 N–H and O–H groups in total. The number of nitrogens with zero attached hydrogens (tertiary/aromatic N) is 3. The number of fused-ring (bicyclic) bond motifs is 1. The van der Waals surface area contributed by atoms with Crippen LogP contribution in [0, 0.1) is 6.92 Å². The standard InChI is InChI=1S/C18H12Cl2N4OS/c1-10-15(16(20)24(23-10)12-5-3-2-4-6-12)17(25)22-18-21-13-8-7-11(19)9-14(13)26-18/h2-9H,1H3,(H,21,22,25). The SMILES string of the molecule is Cc1nn(-c2ccccc2)c(Cl)c1C(=O)Nc1nc2ccc(Cl)cc2s1. The molecule has 5 nitrogen and oxygen atoms in total. The minimum absolute atomic E-state index is 0.260. The van der Waals surface area contributed by atoms with Crippen molar-refractivity contribution in [3.05, 3.63) is 70.0 Å². The zero-order chi connectivity index (χ0) is 18.3. The maximum absolute atomic E-state index is 12.7. The number of halogens is 2. The average Bonchev–Trinajstić information content (AvgIpc) is 3.14. The molecule has 8 heteroatoms. The highest BCUT2D eigenvalue weighted by Gasteiger charge is 2.22. The second kappa shape index (κ2) is 6.72. The van der Waals surface area contributed by atoms with Gasteiger partial charge in [-0.3, -0.25) is 10.1 Å². The van der Waals surface area contributed by atoms with Crippen LogP contribution in [0.4, 0.5) is 5.13 Å². The molecule has 0 saturated heterocycles. The summed E-state index contributed by atoms with van der Waals surface area (Å²) in [6.45, 7) is 1.75. The molecule has 4 aromatic rings. The lowest BCUT2D eigenvalue weighted by molar-refractivity contribution is 0.102. The largest absolute Gasteiger partial charge is 0.298 e. The number of aryl methyl sites for hydroxylation is 1. The van der Waals surface area contributed by atoms with E-state index < -0.39 is 0 Å². The Morgan fingerprint density at radius 1 is 1.15 bits per heavy atom. The summed E-state index contributed by atoms with van der Waals surface area (Å²) in [5, 5.41) is 8.56. The van der Waals surface area contributed by atoms with Crippen molar-refractivity contribution in [3.63, 3.8) is 0 Å². The number of thiazole rings is 1. The molecular formula is C18H12Cl2N4OS. The highest BCUT2D eigenvalue weighted by atomic mass is 35.5. The van der Waals surface area contributed by atoms with Crippen LogP contribution in [0.3, 0.4) is 0 Å². The maximum Gasteiger partial charge on any atom is 0.262 e. The molecule has 0 fully saturated rings. The van der Waals surface area contributed by atoms with Crippen molar-refractivity contribution >= 4 is 55.8 Å². The Bertz CT molecular complexity index is 1120. The number of benzene rings is 2. The number of amides is 1. The molecule has 0 aliphatic carbocycles. The number of para-hydroxylation sites is 1. The maximum atomic E-state index is 12.7. The zero-order valence-corrected chi connectivity index (χ0v) is 15.9. The summed E-state index contributed by atoms with van der Waals surface area (Å²) in [6, 6.07) is 14.8. The molecule has 1 amide bonds. The molecule has 0 spiro atoms. The number of carbonyl (C=O) groups excluding carboxylic acids is 1. The van der Waals surface area contributed by atoms with Crippen LogP contribution >= 0.6 is 34.5 Å². The number of carbonyl (C=O) groups is 1. The summed E-state index contributed by atoms with van der Waals surface area (Å²) >= 11 is 13.8. The topological polar surface area (TPSA) is 59.8 Å². The zero-order valence-electron chi connectivity index (χ0n) is 13.5. The second-order valence-electron chi connectivity index (χ2n) is 5.58. The molecule has 0 bridgehead atoms. The first-order valence-electron chi connectivity index (χ1n) is 7.71. The summed E-state index contributed by atoms with van der Waals surface area (Å²) < 4.78 is 2.44. The van der Waals surface area contributed by atoms with Crippen molar-refractivity contribution in [2.45, 2.75) is 6.92 Å². The summed E-state index contributed by atoms with van der Waals surface area (Å²) in [5.74, 6) is -0.347. The molecule has 0 aliphatic rings. The van der Waals surface area contributed by atoms with Gasteiger partial charge in [0.1, 0.15) is 10.7 Å². The minimum Gasteiger partial charge on any atom is -0.298 e. The molecule has 0 atom stereocenters. The molecule has 0 unspecified atom stereocenters. The Morgan fingerprint density at radius 2 is 1.92 bits per heavy atom. The van der Waals surface area contributed by atoms with E-state index in [1.54, 1.807) is 17.7 Å². The molecule has 2 heterocycles. The van der Waals surface area contributed by atoms with Gasteiger partial charge >= 0.3 is 0 Å². The van der Waals surface area contributed by atoms with Gasteiger partial charge in [-0.1, -0.05) is 52.7 Å². The Labute approximate surface area is 163 Å². The number of rotatable bonds is 3. The Kier molecular flexibility index (Phi) is 4.40. The number of anilines is 1. The van der Waals surface area contributed by atoms with E-state index in [1.807, 2.05) is 42.5 Å². The third-order valence-corrected chi connectivity index (χ3v) is 5.32. The summed E-state index contributed by atoms with van der Waals surface area (Å²) in [4.78, 5) is 17.1. The van der Waals surface area contributed by atoms with E-state index >= 15 is 0 Å². The molecule has 26 heavy (non-hydrogen) atoms. The van der Waals surface area contributed by atoms with Gasteiger partial charge in [0.15, 0.2) is 5.13 Å². The highest BCUT2D eigenvalue weighted by molar-refractivity contribution is 7.22. The quantitative estimate of drug-likeness (QED) is 0.502. The van der Waals surface area contributed by atoms with E-state index in [1.165, 1.54) is 11.3 Å². The Balaban J connectivity index is 1.66. The van der Waals surface area contributed by atoms with Crippen molar-refractivity contribution in [1.29, 1.82) is 0 Å². The van der Waals surface area contributed by atoms with Crippen LogP contribution in [0.5, 0.6) is 0 Å². The average molecular weight is 403 g/mol. The monoisotopic (exact) mass is 402 g/mol. The van der Waals surface area contributed by atoms with E-state index in [4.69, 9.17) is 23.2 Å². The number of nitrogens with one attached hydrogen (secondary N) is 1. The fraction of sp³-hybridized carbons (Fsp3) is 0.0556. The van der Waals surface area contributed by atoms with Crippen molar-refractivity contribution < 1.29 is 4.79 Å². The number of aromatic nitrogens is 3. The molecule has 2 aromatic heterocycles. The molecular weight excluding hydrogens is 391 g/mol. The van der Waals surface area contributed by atoms with Gasteiger partial charge in [-0.2, -0.15) is 5.10 Å². The fourth-order valence-corrected chi connectivity index (χ4v) is 4.10. The molecule has 0 aliphatic heterocycles. The van der Waals surface area contributed by atoms with Gasteiger partial charge < -0.3 is 0 Å². The van der Waals surface area contributed by atoms with Crippen molar-refractivity contribution in [2.24, 2.45) is 0 Å². The molecule has 130 valence electrons. The lowest BCUT2D eigenvalue weighted by Gasteiger charge is -2.03. The van der Waals surface area contributed by atoms with Crippen LogP contribution < -0.4 is 5.32 Å². The van der Waals surface area contributed by atoms with Crippen LogP contribution in [0.15, 0.2) is 48.5 Å². The van der Waals surface area contributed by atoms with Crippen LogP contribution in [0.2, 0.25) is 10.2 Å². The second-order valence-corrected chi connectivity index (χ2v) is 7.41. The van der Waals surface area contributed by atoms with Crippen LogP contribution in [0.25, 0.3) is 15.9 Å². The van der Waals surface area contributed by atoms with E-state index in [0.29, 0.717) is 21.4 Å². The van der Waals surface area contributed by atoms with Gasteiger partial charge in [0.05, 0.1) is 21.6 Å². The first kappa shape index (κ1) is 17.0. The normalized spacial score (nSPS) is 11.0. The molecule has 2 aromatic carbocycles. The lowest BCUT2D eigenvalue weighted by Crippen LogP contribution is -2.12. The number of hydrogen-bond donors (Lipinski definition) is 1. The first-order chi connectivity index (χ1) is 12.5. The van der Waals surface area contributed by atoms with Gasteiger partial charge in [0.25, 0.3) is 5.91 Å². The van der Waals surface area contributed by atoms with Gasteiger partial charge in [0.2, 0.25) is 0 Å². The van der Waals surface area contributed by atoms with Crippen molar-refractivity contribution in [1.82, 2.24) is 14.8 Å². The lowest BCUT2D eigenvalue weighted by atomic mass is 10.2. The fourth-order valence-electron chi connectivity index (χ4n) is 2.61. The minimum atomic E-state index is -0.347. The van der Waals surface area contributed by atoms with E-state index in [2.05, 4.69) is 15.4 Å². The van der Waals surface area contributed by atoms with E-state index in [-0.39, 0.29) is 11.1 Å².